The van der Waals surface area contributed by atoms with E-state index in [1.54, 1.807) is 0 Å². The van der Waals surface area contributed by atoms with Gasteiger partial charge in [-0.05, 0) is 12.0 Å². The number of thioether (sulfide) groups is 1. The fraction of sp³-hybridized carbons (Fsp3) is 0.385. The van der Waals surface area contributed by atoms with Gasteiger partial charge in [0.05, 0.1) is 5.75 Å². The van der Waals surface area contributed by atoms with Gasteiger partial charge in [-0.1, -0.05) is 55.2 Å². The van der Waals surface area contributed by atoms with Crippen LogP contribution < -0.4 is 0 Å². The van der Waals surface area contributed by atoms with E-state index in [-0.39, 0.29) is 5.78 Å². The Hall–Kier alpha value is -0.870. The Morgan fingerprint density at radius 3 is 2.35 bits per heavy atom. The molecule has 0 spiro atoms. The lowest BCUT2D eigenvalue weighted by molar-refractivity contribution is 0.102. The van der Waals surface area contributed by atoms with E-state index in [1.807, 2.05) is 43.3 Å². The number of hydrogen-bond donors (Lipinski definition) is 0. The number of benzene rings is 1. The second-order valence-electron chi connectivity index (χ2n) is 3.92. The first-order chi connectivity index (χ1) is 8.04. The quantitative estimate of drug-likeness (QED) is 0.617. The topological polar surface area (TPSA) is 20.3 Å². The highest BCUT2D eigenvalue weighted by atomic mass is 32.2. The van der Waals surface area contributed by atoms with Crippen molar-refractivity contribution in [3.63, 3.8) is 0 Å². The number of hydrogen-bond acceptors (Lipinski definition) is 3. The van der Waals surface area contributed by atoms with E-state index in [0.29, 0.717) is 5.75 Å². The molecule has 92 valence electrons. The molecule has 0 saturated carbocycles. The van der Waals surface area contributed by atoms with Crippen LogP contribution in [0.1, 0.15) is 22.8 Å². The maximum atomic E-state index is 11.9. The van der Waals surface area contributed by atoms with E-state index in [1.165, 1.54) is 17.3 Å². The molecule has 17 heavy (non-hydrogen) atoms. The summed E-state index contributed by atoms with van der Waals surface area (Å²) in [6.07, 6.45) is 0.994. The highest BCUT2D eigenvalue weighted by Crippen LogP contribution is 2.12. The number of rotatable bonds is 4. The van der Waals surface area contributed by atoms with Crippen LogP contribution >= 0.6 is 24.0 Å². The number of carbonyl (C=O) groups is 1. The second-order valence-corrected chi connectivity index (χ2v) is 5.53. The molecular weight excluding hydrogens is 250 g/mol. The summed E-state index contributed by atoms with van der Waals surface area (Å²) in [5.41, 5.74) is 2.01. The van der Waals surface area contributed by atoms with Gasteiger partial charge in [-0.3, -0.25) is 4.79 Å². The van der Waals surface area contributed by atoms with Gasteiger partial charge in [0.2, 0.25) is 0 Å². The minimum Gasteiger partial charge on any atom is -0.364 e. The van der Waals surface area contributed by atoms with Gasteiger partial charge in [0.1, 0.15) is 4.32 Å². The Morgan fingerprint density at radius 2 is 1.88 bits per heavy atom. The zero-order valence-corrected chi connectivity index (χ0v) is 12.0. The number of thiocarbonyl (C=S) groups is 1. The van der Waals surface area contributed by atoms with Gasteiger partial charge in [0, 0.05) is 19.7 Å². The van der Waals surface area contributed by atoms with Gasteiger partial charge >= 0.3 is 0 Å². The molecule has 0 bridgehead atoms. The maximum Gasteiger partial charge on any atom is 0.173 e. The highest BCUT2D eigenvalue weighted by molar-refractivity contribution is 8.23. The Kier molecular flexibility index (Phi) is 5.65. The van der Waals surface area contributed by atoms with Crippen molar-refractivity contribution < 1.29 is 4.79 Å². The summed E-state index contributed by atoms with van der Waals surface area (Å²) in [4.78, 5) is 13.7. The van der Waals surface area contributed by atoms with Crippen LogP contribution in [0.5, 0.6) is 0 Å². The zero-order valence-electron chi connectivity index (χ0n) is 10.4. The lowest BCUT2D eigenvalue weighted by Crippen LogP contribution is -2.18. The molecule has 0 amide bonds. The van der Waals surface area contributed by atoms with Crippen LogP contribution in [-0.2, 0) is 6.42 Å². The largest absolute Gasteiger partial charge is 0.364 e. The van der Waals surface area contributed by atoms with Crippen molar-refractivity contribution in [2.45, 2.75) is 13.3 Å². The van der Waals surface area contributed by atoms with Gasteiger partial charge in [0.15, 0.2) is 5.78 Å². The molecule has 0 fully saturated rings. The van der Waals surface area contributed by atoms with Crippen molar-refractivity contribution in [1.82, 2.24) is 4.90 Å². The molecule has 1 aromatic rings. The summed E-state index contributed by atoms with van der Waals surface area (Å²) >= 11 is 6.53. The number of Topliss-reactive ketones (excluding diaryl/α,β-unsaturated/α-hetero) is 1. The predicted octanol–water partition coefficient (Wildman–Crippen LogP) is 3.01. The minimum absolute atomic E-state index is 0.127. The summed E-state index contributed by atoms with van der Waals surface area (Å²) in [5.74, 6) is 0.532. The number of carbonyl (C=O) groups excluding carboxylic acids is 1. The van der Waals surface area contributed by atoms with Gasteiger partial charge in [-0.25, -0.2) is 0 Å². The predicted molar refractivity (Wildman–Crippen MR) is 78.9 cm³/mol. The number of ketones is 1. The maximum absolute atomic E-state index is 11.9. The fourth-order valence-corrected chi connectivity index (χ4v) is 2.12. The third kappa shape index (κ3) is 4.48. The van der Waals surface area contributed by atoms with Crippen LogP contribution in [0.15, 0.2) is 24.3 Å². The Bertz CT molecular complexity index is 398. The molecule has 0 radical (unpaired) electrons. The Balaban J connectivity index is 2.55. The van der Waals surface area contributed by atoms with Gasteiger partial charge in [0.25, 0.3) is 0 Å². The van der Waals surface area contributed by atoms with E-state index in [0.717, 1.165) is 16.3 Å². The van der Waals surface area contributed by atoms with Crippen molar-refractivity contribution in [2.24, 2.45) is 0 Å². The zero-order chi connectivity index (χ0) is 12.8. The third-order valence-electron chi connectivity index (χ3n) is 2.38. The average molecular weight is 267 g/mol. The SMILES string of the molecule is CCc1ccc(C(=O)CSC(=S)N(C)C)cc1. The molecule has 0 unspecified atom stereocenters. The van der Waals surface area contributed by atoms with Gasteiger partial charge in [-0.15, -0.1) is 0 Å². The van der Waals surface area contributed by atoms with Gasteiger partial charge < -0.3 is 4.90 Å². The molecule has 0 aliphatic heterocycles. The first-order valence-corrected chi connectivity index (χ1v) is 6.90. The first kappa shape index (κ1) is 14.2. The molecule has 2 nitrogen and oxygen atoms in total. The summed E-state index contributed by atoms with van der Waals surface area (Å²) < 4.78 is 0.739. The van der Waals surface area contributed by atoms with Crippen molar-refractivity contribution in [1.29, 1.82) is 0 Å². The van der Waals surface area contributed by atoms with Crippen LogP contribution in [-0.4, -0.2) is 34.9 Å². The summed E-state index contributed by atoms with van der Waals surface area (Å²) in [6.45, 7) is 2.10. The standard InChI is InChI=1S/C13H17NOS2/c1-4-10-5-7-11(8-6-10)12(15)9-17-13(16)14(2)3/h5-8H,4,9H2,1-3H3. The van der Waals surface area contributed by atoms with Crippen LogP contribution in [0.25, 0.3) is 0 Å². The van der Waals surface area contributed by atoms with Crippen LogP contribution in [0.2, 0.25) is 0 Å². The van der Waals surface area contributed by atoms with E-state index in [9.17, 15) is 4.79 Å². The number of aryl methyl sites for hydroxylation is 1. The molecule has 0 atom stereocenters. The second kappa shape index (κ2) is 6.77. The minimum atomic E-state index is 0.127. The van der Waals surface area contributed by atoms with E-state index in [2.05, 4.69) is 6.92 Å². The smallest absolute Gasteiger partial charge is 0.173 e. The summed E-state index contributed by atoms with van der Waals surface area (Å²) in [6, 6.07) is 7.78. The number of nitrogens with zero attached hydrogens (tertiary/aromatic N) is 1. The molecule has 1 aromatic carbocycles. The summed E-state index contributed by atoms with van der Waals surface area (Å²) in [5, 5.41) is 0. The fourth-order valence-electron chi connectivity index (χ4n) is 1.27. The van der Waals surface area contributed by atoms with Crippen molar-refractivity contribution in [2.75, 3.05) is 19.8 Å². The molecule has 0 aromatic heterocycles. The van der Waals surface area contributed by atoms with Crippen molar-refractivity contribution >= 4 is 34.1 Å². The molecule has 0 saturated heterocycles. The van der Waals surface area contributed by atoms with Crippen LogP contribution in [0.4, 0.5) is 0 Å². The average Bonchev–Trinajstić information content (AvgIpc) is 2.35. The van der Waals surface area contributed by atoms with Crippen LogP contribution in [0, 0.1) is 0 Å². The molecular formula is C13H17NOS2. The molecule has 0 N–H and O–H groups in total. The van der Waals surface area contributed by atoms with Crippen molar-refractivity contribution in [3.05, 3.63) is 35.4 Å². The molecule has 0 aliphatic carbocycles. The summed E-state index contributed by atoms with van der Waals surface area (Å²) in [7, 11) is 3.77. The molecule has 4 heteroatoms. The van der Waals surface area contributed by atoms with Crippen LogP contribution in [0.3, 0.4) is 0 Å². The van der Waals surface area contributed by atoms with Crippen molar-refractivity contribution in [3.8, 4) is 0 Å². The highest BCUT2D eigenvalue weighted by Gasteiger charge is 2.08. The molecule has 1 rings (SSSR count). The Labute approximate surface area is 112 Å². The third-order valence-corrected chi connectivity index (χ3v) is 4.11. The van der Waals surface area contributed by atoms with E-state index >= 15 is 0 Å². The molecule has 0 aliphatic rings. The Morgan fingerprint density at radius 1 is 1.29 bits per heavy atom. The lowest BCUT2D eigenvalue weighted by atomic mass is 10.1. The van der Waals surface area contributed by atoms with E-state index < -0.39 is 0 Å². The van der Waals surface area contributed by atoms with Gasteiger partial charge in [-0.2, -0.15) is 0 Å². The first-order valence-electron chi connectivity index (χ1n) is 5.50. The monoisotopic (exact) mass is 267 g/mol. The van der Waals surface area contributed by atoms with E-state index in [4.69, 9.17) is 12.2 Å². The normalized spacial score (nSPS) is 10.1. The lowest BCUT2D eigenvalue weighted by Gasteiger charge is -2.12. The molecule has 0 heterocycles.